The van der Waals surface area contributed by atoms with Gasteiger partial charge in [-0.25, -0.2) is 22.8 Å². The molecule has 0 aliphatic carbocycles. The normalized spacial score (nSPS) is 14.3. The van der Waals surface area contributed by atoms with Crippen molar-refractivity contribution in [2.24, 2.45) is 0 Å². The van der Waals surface area contributed by atoms with Crippen LogP contribution in [-0.2, 0) is 6.54 Å². The van der Waals surface area contributed by atoms with Crippen LogP contribution < -0.4 is 10.6 Å². The molecule has 0 radical (unpaired) electrons. The van der Waals surface area contributed by atoms with Crippen molar-refractivity contribution in [3.63, 3.8) is 0 Å². The van der Waals surface area contributed by atoms with Gasteiger partial charge in [0.1, 0.15) is 23.3 Å². The molecule has 3 heterocycles. The zero-order valence-corrected chi connectivity index (χ0v) is 20.4. The lowest BCUT2D eigenvalue weighted by atomic mass is 10.1. The van der Waals surface area contributed by atoms with E-state index >= 15 is 0 Å². The molecule has 1 fully saturated rings. The van der Waals surface area contributed by atoms with E-state index in [-0.39, 0.29) is 17.2 Å². The van der Waals surface area contributed by atoms with Crippen molar-refractivity contribution in [1.29, 1.82) is 0 Å². The van der Waals surface area contributed by atoms with E-state index in [9.17, 15) is 13.2 Å². The Kier molecular flexibility index (Phi) is 6.16. The first kappa shape index (κ1) is 23.9. The maximum absolute atomic E-state index is 15.0. The summed E-state index contributed by atoms with van der Waals surface area (Å²) >= 11 is 0. The highest BCUT2D eigenvalue weighted by Gasteiger charge is 2.25. The van der Waals surface area contributed by atoms with Gasteiger partial charge in [-0.2, -0.15) is 4.98 Å². The van der Waals surface area contributed by atoms with Gasteiger partial charge in [-0.15, -0.1) is 5.10 Å². The number of hydrogen-bond acceptors (Lipinski definition) is 6. The molecule has 0 saturated carbocycles. The van der Waals surface area contributed by atoms with Crippen LogP contribution in [0.1, 0.15) is 5.56 Å². The zero-order valence-electron chi connectivity index (χ0n) is 20.4. The third-order valence-electron chi connectivity index (χ3n) is 6.71. The van der Waals surface area contributed by atoms with E-state index < -0.39 is 11.6 Å². The molecule has 7 nitrogen and oxygen atoms in total. The van der Waals surface area contributed by atoms with E-state index in [1.54, 1.807) is 42.5 Å². The summed E-state index contributed by atoms with van der Waals surface area (Å²) in [6, 6.07) is 18.8. The first-order valence-corrected chi connectivity index (χ1v) is 12.2. The second-order valence-corrected chi connectivity index (χ2v) is 9.22. The lowest BCUT2D eigenvalue weighted by Gasteiger charge is -2.34. The van der Waals surface area contributed by atoms with E-state index in [2.05, 4.69) is 15.0 Å². The van der Waals surface area contributed by atoms with Crippen LogP contribution in [-0.4, -0.2) is 50.8 Å². The average molecular weight is 516 g/mol. The number of nitrogen functional groups attached to an aromatic ring is 1. The minimum absolute atomic E-state index is 0.194. The molecule has 0 bridgehead atoms. The maximum Gasteiger partial charge on any atom is 0.228 e. The minimum Gasteiger partial charge on any atom is -0.383 e. The number of halogens is 3. The molecule has 6 rings (SSSR count). The topological polar surface area (TPSA) is 76.1 Å². The largest absolute Gasteiger partial charge is 0.383 e. The zero-order chi connectivity index (χ0) is 26.2. The summed E-state index contributed by atoms with van der Waals surface area (Å²) in [5, 5.41) is 4.96. The van der Waals surface area contributed by atoms with Crippen LogP contribution in [0, 0.1) is 17.5 Å². The third kappa shape index (κ3) is 4.54. The number of anilines is 2. The SMILES string of the molecule is Nc1c2c(-c3ccccc3F)nc(N3CCN(Cc4ccc(F)cc4)CC3)nc2nn1-c1cccc(F)c1. The number of benzene rings is 3. The Bertz CT molecular complexity index is 1610. The first-order valence-electron chi connectivity index (χ1n) is 12.2. The van der Waals surface area contributed by atoms with Crippen LogP contribution in [0.25, 0.3) is 28.0 Å². The molecule has 0 spiro atoms. The van der Waals surface area contributed by atoms with Crippen molar-refractivity contribution >= 4 is 22.8 Å². The molecule has 2 aromatic heterocycles. The van der Waals surface area contributed by atoms with Gasteiger partial charge in [-0.3, -0.25) is 4.90 Å². The molecule has 1 aliphatic rings. The van der Waals surface area contributed by atoms with Gasteiger partial charge in [0.2, 0.25) is 5.95 Å². The average Bonchev–Trinajstić information content (AvgIpc) is 3.26. The van der Waals surface area contributed by atoms with Crippen LogP contribution in [0.2, 0.25) is 0 Å². The van der Waals surface area contributed by atoms with E-state index in [0.29, 0.717) is 48.0 Å². The molecule has 1 saturated heterocycles. The van der Waals surface area contributed by atoms with Crippen molar-refractivity contribution in [2.45, 2.75) is 6.54 Å². The van der Waals surface area contributed by atoms with Crippen LogP contribution in [0.3, 0.4) is 0 Å². The smallest absolute Gasteiger partial charge is 0.228 e. The summed E-state index contributed by atoms with van der Waals surface area (Å²) in [5.41, 5.74) is 8.84. The Morgan fingerprint density at radius 2 is 1.55 bits per heavy atom. The number of piperazine rings is 1. The molecule has 5 aromatic rings. The fraction of sp³-hybridized carbons (Fsp3) is 0.179. The third-order valence-corrected chi connectivity index (χ3v) is 6.71. The van der Waals surface area contributed by atoms with E-state index in [0.717, 1.165) is 18.7 Å². The molecular weight excluding hydrogens is 491 g/mol. The number of aromatic nitrogens is 4. The molecule has 1 aliphatic heterocycles. The number of fused-ring (bicyclic) bond motifs is 1. The van der Waals surface area contributed by atoms with Crippen LogP contribution >= 0.6 is 0 Å². The molecule has 3 aromatic carbocycles. The molecule has 10 heteroatoms. The summed E-state index contributed by atoms with van der Waals surface area (Å²) in [6.45, 7) is 3.48. The van der Waals surface area contributed by atoms with Crippen LogP contribution in [0.5, 0.6) is 0 Å². The van der Waals surface area contributed by atoms with Crippen LogP contribution in [0.15, 0.2) is 72.8 Å². The van der Waals surface area contributed by atoms with Gasteiger partial charge < -0.3 is 10.6 Å². The monoisotopic (exact) mass is 515 g/mol. The fourth-order valence-electron chi connectivity index (χ4n) is 4.75. The van der Waals surface area contributed by atoms with Crippen molar-refractivity contribution in [1.82, 2.24) is 24.6 Å². The van der Waals surface area contributed by atoms with Gasteiger partial charge in [-0.05, 0) is 48.0 Å². The maximum atomic E-state index is 15.0. The van der Waals surface area contributed by atoms with Gasteiger partial charge in [0.05, 0.1) is 16.8 Å². The first-order chi connectivity index (χ1) is 18.5. The Balaban J connectivity index is 1.36. The van der Waals surface area contributed by atoms with Crippen molar-refractivity contribution < 1.29 is 13.2 Å². The molecule has 0 atom stereocenters. The Hall–Kier alpha value is -4.44. The quantitative estimate of drug-likeness (QED) is 0.362. The highest BCUT2D eigenvalue weighted by atomic mass is 19.1. The second-order valence-electron chi connectivity index (χ2n) is 9.22. The number of hydrogen-bond donors (Lipinski definition) is 1. The standard InChI is InChI=1S/C28H24F3N7/c29-19-10-8-18(9-11-19)17-36-12-14-37(15-13-36)28-33-25(22-6-1-2-7-23(22)31)24-26(32)38(35-27(24)34-28)21-5-3-4-20(30)16-21/h1-11,16H,12-15,17,32H2. The van der Waals surface area contributed by atoms with Crippen LogP contribution in [0.4, 0.5) is 24.9 Å². The molecule has 38 heavy (non-hydrogen) atoms. The minimum atomic E-state index is -0.444. The Labute approximate surface area is 217 Å². The molecular formula is C28H24F3N7. The van der Waals surface area contributed by atoms with Crippen molar-refractivity contribution in [2.75, 3.05) is 36.8 Å². The summed E-state index contributed by atoms with van der Waals surface area (Å²) in [5.74, 6) is -0.514. The van der Waals surface area contributed by atoms with Crippen molar-refractivity contribution in [3.8, 4) is 16.9 Å². The Morgan fingerprint density at radius 1 is 0.789 bits per heavy atom. The van der Waals surface area contributed by atoms with E-state index in [4.69, 9.17) is 10.7 Å². The summed E-state index contributed by atoms with van der Waals surface area (Å²) < 4.78 is 43.5. The van der Waals surface area contributed by atoms with Gasteiger partial charge in [0, 0.05) is 38.3 Å². The lowest BCUT2D eigenvalue weighted by Crippen LogP contribution is -2.46. The number of nitrogens with two attached hydrogens (primary N) is 1. The molecule has 2 N–H and O–H groups in total. The molecule has 0 unspecified atom stereocenters. The van der Waals surface area contributed by atoms with E-state index in [1.807, 2.05) is 4.90 Å². The number of rotatable bonds is 5. The van der Waals surface area contributed by atoms with Crippen molar-refractivity contribution in [3.05, 3.63) is 95.8 Å². The van der Waals surface area contributed by atoms with Gasteiger partial charge in [-0.1, -0.05) is 30.3 Å². The van der Waals surface area contributed by atoms with Gasteiger partial charge in [0.25, 0.3) is 0 Å². The summed E-state index contributed by atoms with van der Waals surface area (Å²) in [7, 11) is 0. The highest BCUT2D eigenvalue weighted by Crippen LogP contribution is 2.34. The van der Waals surface area contributed by atoms with Gasteiger partial charge >= 0.3 is 0 Å². The Morgan fingerprint density at radius 3 is 2.29 bits per heavy atom. The molecule has 0 amide bonds. The predicted molar refractivity (Wildman–Crippen MR) is 140 cm³/mol. The molecule has 192 valence electrons. The lowest BCUT2D eigenvalue weighted by molar-refractivity contribution is 0.248. The fourth-order valence-corrected chi connectivity index (χ4v) is 4.75. The summed E-state index contributed by atoms with van der Waals surface area (Å²) in [4.78, 5) is 13.8. The highest BCUT2D eigenvalue weighted by molar-refractivity contribution is 5.99. The summed E-state index contributed by atoms with van der Waals surface area (Å²) in [6.07, 6.45) is 0. The van der Waals surface area contributed by atoms with E-state index in [1.165, 1.54) is 35.0 Å². The second kappa shape index (κ2) is 9.79. The number of nitrogens with zero attached hydrogens (tertiary/aromatic N) is 6. The predicted octanol–water partition coefficient (Wildman–Crippen LogP) is 4.80. The van der Waals surface area contributed by atoms with Gasteiger partial charge in [0.15, 0.2) is 5.65 Å².